The van der Waals surface area contributed by atoms with E-state index in [-0.39, 0.29) is 11.9 Å². The number of halogens is 2. The predicted molar refractivity (Wildman–Crippen MR) is 89.6 cm³/mol. The van der Waals surface area contributed by atoms with E-state index in [0.29, 0.717) is 17.4 Å². The molecule has 1 aliphatic heterocycles. The molecule has 3 heterocycles. The third kappa shape index (κ3) is 3.52. The average Bonchev–Trinajstić information content (AvgIpc) is 2.54. The molecule has 1 atom stereocenters. The minimum atomic E-state index is -0.376. The lowest BCUT2D eigenvalue weighted by Crippen LogP contribution is -2.47. The Balaban J connectivity index is 1.77. The van der Waals surface area contributed by atoms with Gasteiger partial charge in [-0.2, -0.15) is 0 Å². The minimum Gasteiger partial charge on any atom is -0.355 e. The van der Waals surface area contributed by atoms with Crippen molar-refractivity contribution in [3.05, 3.63) is 41.2 Å². The zero-order valence-corrected chi connectivity index (χ0v) is 14.0. The van der Waals surface area contributed by atoms with Gasteiger partial charge in [0.05, 0.1) is 5.02 Å². The molecule has 0 spiro atoms. The average molecular weight is 336 g/mol. The normalized spacial score (nSPS) is 18.1. The Morgan fingerprint density at radius 3 is 2.87 bits per heavy atom. The second kappa shape index (κ2) is 6.66. The van der Waals surface area contributed by atoms with E-state index in [4.69, 9.17) is 11.6 Å². The molecule has 0 radical (unpaired) electrons. The number of hydrogen-bond donors (Lipinski definition) is 0. The third-order valence-electron chi connectivity index (χ3n) is 4.18. The van der Waals surface area contributed by atoms with Crippen LogP contribution in [0, 0.1) is 12.7 Å². The molecule has 0 saturated carbocycles. The molecule has 5 nitrogen and oxygen atoms in total. The monoisotopic (exact) mass is 335 g/mol. The molecular formula is C16H19ClFN5. The van der Waals surface area contributed by atoms with Crippen molar-refractivity contribution in [2.75, 3.05) is 29.9 Å². The lowest BCUT2D eigenvalue weighted by atomic mass is 10.0. The summed E-state index contributed by atoms with van der Waals surface area (Å²) < 4.78 is 14.1. The maximum Gasteiger partial charge on any atom is 0.167 e. The van der Waals surface area contributed by atoms with Crippen LogP contribution in [-0.4, -0.2) is 41.1 Å². The first kappa shape index (κ1) is 15.9. The van der Waals surface area contributed by atoms with Crippen molar-refractivity contribution in [2.24, 2.45) is 0 Å². The minimum absolute atomic E-state index is 0.245. The second-order valence-electron chi connectivity index (χ2n) is 5.83. The summed E-state index contributed by atoms with van der Waals surface area (Å²) in [4.78, 5) is 16.7. The van der Waals surface area contributed by atoms with Crippen molar-refractivity contribution in [3.8, 4) is 0 Å². The molecule has 1 fully saturated rings. The smallest absolute Gasteiger partial charge is 0.167 e. The molecule has 1 unspecified atom stereocenters. The van der Waals surface area contributed by atoms with Gasteiger partial charge in [-0.25, -0.2) is 19.3 Å². The van der Waals surface area contributed by atoms with Crippen LogP contribution >= 0.6 is 11.6 Å². The van der Waals surface area contributed by atoms with E-state index in [2.05, 4.69) is 19.9 Å². The molecular weight excluding hydrogens is 317 g/mol. The number of piperidine rings is 1. The van der Waals surface area contributed by atoms with Crippen LogP contribution in [0.2, 0.25) is 5.02 Å². The van der Waals surface area contributed by atoms with Crippen LogP contribution in [0.3, 0.4) is 0 Å². The topological polar surface area (TPSA) is 45.2 Å². The summed E-state index contributed by atoms with van der Waals surface area (Å²) in [6, 6.07) is 3.51. The van der Waals surface area contributed by atoms with E-state index >= 15 is 0 Å². The van der Waals surface area contributed by atoms with Gasteiger partial charge in [0.15, 0.2) is 11.6 Å². The summed E-state index contributed by atoms with van der Waals surface area (Å²) in [5.41, 5.74) is 0.930. The van der Waals surface area contributed by atoms with Gasteiger partial charge in [0.1, 0.15) is 12.1 Å². The zero-order chi connectivity index (χ0) is 16.4. The van der Waals surface area contributed by atoms with E-state index in [1.165, 1.54) is 12.3 Å². The van der Waals surface area contributed by atoms with E-state index < -0.39 is 0 Å². The number of rotatable bonds is 3. The van der Waals surface area contributed by atoms with Gasteiger partial charge in [0, 0.05) is 44.1 Å². The second-order valence-corrected chi connectivity index (χ2v) is 6.27. The standard InChI is InChI=1S/C16H19ClFN5/c1-11-6-15(21-10-20-11)22(2)13-4-3-5-23(9-13)16-14(18)7-12(17)8-19-16/h6-8,10,13H,3-5,9H2,1-2H3. The van der Waals surface area contributed by atoms with Crippen molar-refractivity contribution >= 4 is 23.2 Å². The molecule has 0 N–H and O–H groups in total. The number of aryl methyl sites for hydroxylation is 1. The van der Waals surface area contributed by atoms with Gasteiger partial charge in [-0.15, -0.1) is 0 Å². The molecule has 1 aliphatic rings. The Bertz CT molecular complexity index is 696. The Kier molecular flexibility index (Phi) is 4.61. The number of aromatic nitrogens is 3. The Labute approximate surface area is 140 Å². The molecule has 1 saturated heterocycles. The maximum absolute atomic E-state index is 14.1. The molecule has 0 amide bonds. The molecule has 23 heavy (non-hydrogen) atoms. The van der Waals surface area contributed by atoms with Crippen LogP contribution in [-0.2, 0) is 0 Å². The van der Waals surface area contributed by atoms with Crippen LogP contribution < -0.4 is 9.80 Å². The van der Waals surface area contributed by atoms with E-state index in [1.807, 2.05) is 24.9 Å². The number of anilines is 2. The predicted octanol–water partition coefficient (Wildman–Crippen LogP) is 3.08. The zero-order valence-electron chi connectivity index (χ0n) is 13.2. The number of pyridine rings is 1. The highest BCUT2D eigenvalue weighted by Gasteiger charge is 2.26. The van der Waals surface area contributed by atoms with Crippen molar-refractivity contribution in [2.45, 2.75) is 25.8 Å². The van der Waals surface area contributed by atoms with E-state index in [1.54, 1.807) is 6.33 Å². The fourth-order valence-corrected chi connectivity index (χ4v) is 3.07. The summed E-state index contributed by atoms with van der Waals surface area (Å²) >= 11 is 5.79. The number of hydrogen-bond acceptors (Lipinski definition) is 5. The Morgan fingerprint density at radius 2 is 2.13 bits per heavy atom. The lowest BCUT2D eigenvalue weighted by molar-refractivity contribution is 0.476. The first-order valence-corrected chi connectivity index (χ1v) is 8.00. The largest absolute Gasteiger partial charge is 0.355 e. The summed E-state index contributed by atoms with van der Waals surface area (Å²) in [5, 5.41) is 0.313. The van der Waals surface area contributed by atoms with E-state index in [9.17, 15) is 4.39 Å². The van der Waals surface area contributed by atoms with Crippen LogP contribution in [0.5, 0.6) is 0 Å². The first-order chi connectivity index (χ1) is 11.0. The first-order valence-electron chi connectivity index (χ1n) is 7.62. The van der Waals surface area contributed by atoms with Gasteiger partial charge >= 0.3 is 0 Å². The van der Waals surface area contributed by atoms with Crippen LogP contribution in [0.4, 0.5) is 16.0 Å². The number of nitrogens with zero attached hydrogens (tertiary/aromatic N) is 5. The van der Waals surface area contributed by atoms with Crippen LogP contribution in [0.1, 0.15) is 18.5 Å². The Morgan fingerprint density at radius 1 is 1.30 bits per heavy atom. The summed E-state index contributed by atoms with van der Waals surface area (Å²) in [6.07, 6.45) is 5.07. The quantitative estimate of drug-likeness (QED) is 0.862. The molecule has 3 rings (SSSR count). The highest BCUT2D eigenvalue weighted by Crippen LogP contribution is 2.26. The highest BCUT2D eigenvalue weighted by molar-refractivity contribution is 6.30. The van der Waals surface area contributed by atoms with Crippen LogP contribution in [0.25, 0.3) is 0 Å². The van der Waals surface area contributed by atoms with Gasteiger partial charge in [-0.1, -0.05) is 11.6 Å². The van der Waals surface area contributed by atoms with Gasteiger partial charge in [0.2, 0.25) is 0 Å². The highest BCUT2D eigenvalue weighted by atomic mass is 35.5. The molecule has 2 aromatic heterocycles. The molecule has 7 heteroatoms. The van der Waals surface area contributed by atoms with Crippen molar-refractivity contribution < 1.29 is 4.39 Å². The molecule has 0 aromatic carbocycles. The van der Waals surface area contributed by atoms with Crippen LogP contribution in [0.15, 0.2) is 24.7 Å². The van der Waals surface area contributed by atoms with E-state index in [0.717, 1.165) is 30.9 Å². The fraction of sp³-hybridized carbons (Fsp3) is 0.438. The van der Waals surface area contributed by atoms with Gasteiger partial charge in [0.25, 0.3) is 0 Å². The Hall–Kier alpha value is -1.95. The molecule has 0 aliphatic carbocycles. The summed E-state index contributed by atoms with van der Waals surface area (Å²) in [5.74, 6) is 0.874. The number of likely N-dealkylation sites (N-methyl/N-ethyl adjacent to an activating group) is 1. The lowest BCUT2D eigenvalue weighted by Gasteiger charge is -2.38. The molecule has 0 bridgehead atoms. The van der Waals surface area contributed by atoms with Gasteiger partial charge in [-0.3, -0.25) is 0 Å². The summed E-state index contributed by atoms with van der Waals surface area (Å²) in [7, 11) is 2.02. The van der Waals surface area contributed by atoms with Crippen molar-refractivity contribution in [1.29, 1.82) is 0 Å². The van der Waals surface area contributed by atoms with Crippen molar-refractivity contribution in [3.63, 3.8) is 0 Å². The fourth-order valence-electron chi connectivity index (χ4n) is 2.92. The van der Waals surface area contributed by atoms with Crippen molar-refractivity contribution in [1.82, 2.24) is 15.0 Å². The summed E-state index contributed by atoms with van der Waals surface area (Å²) in [6.45, 7) is 3.43. The maximum atomic E-state index is 14.1. The van der Waals surface area contributed by atoms with Gasteiger partial charge < -0.3 is 9.80 Å². The molecule has 2 aromatic rings. The molecule has 122 valence electrons. The van der Waals surface area contributed by atoms with Gasteiger partial charge in [-0.05, 0) is 25.8 Å². The SMILES string of the molecule is Cc1cc(N(C)C2CCCN(c3ncc(Cl)cc3F)C2)ncn1. The third-order valence-corrected chi connectivity index (χ3v) is 4.39.